The monoisotopic (exact) mass is 644 g/mol. The Hall–Kier alpha value is -2.91. The van der Waals surface area contributed by atoms with Crippen LogP contribution >= 0.6 is 0 Å². The molecule has 0 amide bonds. The largest absolute Gasteiger partial charge is 0.466 e. The number of hydrogen-bond donors (Lipinski definition) is 1. The third-order valence-electron chi connectivity index (χ3n) is 16.8. The van der Waals surface area contributed by atoms with Crippen LogP contribution in [0.5, 0.6) is 0 Å². The second-order valence-electron chi connectivity index (χ2n) is 17.5. The summed E-state index contributed by atoms with van der Waals surface area (Å²) in [6, 6.07) is 19.3. The number of fused-ring (bicyclic) bond motifs is 5. The van der Waals surface area contributed by atoms with Crippen LogP contribution in [0.4, 0.5) is 11.4 Å². The molecule has 248 valence electrons. The molecule has 2 aromatic rings. The number of rotatable bonds is 3. The summed E-state index contributed by atoms with van der Waals surface area (Å²) in [5.41, 5.74) is 5.97. The quantitative estimate of drug-likeness (QED) is 0.382. The summed E-state index contributed by atoms with van der Waals surface area (Å²) in [5.74, 6) is 0.169. The first kappa shape index (κ1) is 26.9. The lowest BCUT2D eigenvalue weighted by Crippen LogP contribution is -2.79. The van der Waals surface area contributed by atoms with Crippen LogP contribution in [0, 0.1) is 11.3 Å². The van der Waals surface area contributed by atoms with Gasteiger partial charge >= 0.3 is 5.97 Å². The zero-order valence-electron chi connectivity index (χ0n) is 28.1. The zero-order valence-corrected chi connectivity index (χ0v) is 28.1. The molecule has 6 bridgehead atoms. The Morgan fingerprint density at radius 1 is 1.02 bits per heavy atom. The Bertz CT molecular complexity index is 1950. The zero-order chi connectivity index (χ0) is 31.8. The summed E-state index contributed by atoms with van der Waals surface area (Å²) in [7, 11) is 1.56. The molecule has 2 unspecified atom stereocenters. The number of anilines is 2. The van der Waals surface area contributed by atoms with Gasteiger partial charge < -0.3 is 24.4 Å². The standard InChI is InChI=1S/C40H44N4O4/c1-4-35-19-25-30-37(5-2)21-36-18-22(32(45)46-3)29-38(14-17-43(30)36,23-10-6-8-12-26(23)41-29)34(36)44-27-13-9-7-11-24(27)39(40(25,44)48-37)15-16-42(33(35)39)20-28-31(35)47-28/h6-13,25,28,30-31,33-34,41H,4-5,14-21H2,1-3H3/t25-,28+,30-,31+,33-,34+,35+,36?,37-,38+,39+,40+/m0/s1. The van der Waals surface area contributed by atoms with E-state index in [0.29, 0.717) is 36.6 Å². The number of esters is 1. The SMILES string of the molecule is CC[C@]12CC34CC(C(=O)OC)=C5Nc6ccccc6[C@]56CCN3[C@H]1[C@@H]1C[C@]3(CC)[C@@H]5O[C@@H]5CN5CC[C@@]7(c8ccccc8N([C@H]46)[C@@]17O2)[C@@H]53. The molecular formula is C40H44N4O4. The number of benzene rings is 2. The van der Waals surface area contributed by atoms with E-state index in [4.69, 9.17) is 14.2 Å². The number of nitrogens with zero attached hydrogens (tertiary/aromatic N) is 3. The fraction of sp³-hybridized carbons (Fsp3) is 0.625. The normalized spacial score (nSPS) is 52.6. The van der Waals surface area contributed by atoms with Crippen molar-refractivity contribution >= 4 is 17.3 Å². The highest BCUT2D eigenvalue weighted by molar-refractivity contribution is 5.94. The van der Waals surface area contributed by atoms with Crippen molar-refractivity contribution < 1.29 is 19.0 Å². The highest BCUT2D eigenvalue weighted by atomic mass is 16.6. The van der Waals surface area contributed by atoms with Crippen molar-refractivity contribution in [1.29, 1.82) is 0 Å². The van der Waals surface area contributed by atoms with Gasteiger partial charge in [0.25, 0.3) is 0 Å². The number of piperidine rings is 2. The molecule has 13 rings (SSSR count). The van der Waals surface area contributed by atoms with Crippen molar-refractivity contribution in [1.82, 2.24) is 9.80 Å². The highest BCUT2D eigenvalue weighted by Crippen LogP contribution is 2.83. The lowest BCUT2D eigenvalue weighted by atomic mass is 9.47. The molecule has 2 aliphatic carbocycles. The van der Waals surface area contributed by atoms with Crippen molar-refractivity contribution in [2.45, 2.75) is 117 Å². The predicted octanol–water partition coefficient (Wildman–Crippen LogP) is 4.68. The van der Waals surface area contributed by atoms with Crippen molar-refractivity contribution in [3.05, 3.63) is 70.9 Å². The molecule has 0 aromatic heterocycles. The van der Waals surface area contributed by atoms with Crippen LogP contribution < -0.4 is 10.2 Å². The number of nitrogens with one attached hydrogen (secondary N) is 1. The molecule has 13 atom stereocenters. The van der Waals surface area contributed by atoms with Gasteiger partial charge in [0, 0.05) is 60.0 Å². The van der Waals surface area contributed by atoms with E-state index in [1.807, 2.05) is 0 Å². The van der Waals surface area contributed by atoms with Gasteiger partial charge in [-0.3, -0.25) is 9.80 Å². The summed E-state index contributed by atoms with van der Waals surface area (Å²) >= 11 is 0. The second-order valence-corrected chi connectivity index (χ2v) is 17.5. The molecule has 8 heteroatoms. The number of methoxy groups -OCH3 is 1. The Balaban J connectivity index is 1.19. The van der Waals surface area contributed by atoms with Crippen LogP contribution in [0.3, 0.4) is 0 Å². The van der Waals surface area contributed by atoms with Gasteiger partial charge in [-0.25, -0.2) is 4.79 Å². The molecule has 0 radical (unpaired) electrons. The van der Waals surface area contributed by atoms with Crippen molar-refractivity contribution in [2.24, 2.45) is 11.3 Å². The second kappa shape index (κ2) is 7.70. The molecule has 2 aromatic carbocycles. The van der Waals surface area contributed by atoms with E-state index in [1.54, 1.807) is 7.11 Å². The van der Waals surface area contributed by atoms with Gasteiger partial charge in [0.1, 0.15) is 0 Å². The number of epoxide rings is 1. The Morgan fingerprint density at radius 3 is 2.69 bits per heavy atom. The number of para-hydroxylation sites is 2. The summed E-state index contributed by atoms with van der Waals surface area (Å²) in [6.07, 6.45) is 7.78. The van der Waals surface area contributed by atoms with E-state index in [9.17, 15) is 4.79 Å². The maximum atomic E-state index is 14.0. The molecule has 1 saturated carbocycles. The molecule has 9 aliphatic heterocycles. The molecule has 8 nitrogen and oxygen atoms in total. The molecule has 8 fully saturated rings. The van der Waals surface area contributed by atoms with Gasteiger partial charge in [-0.2, -0.15) is 0 Å². The van der Waals surface area contributed by atoms with E-state index in [2.05, 4.69) is 82.4 Å². The summed E-state index contributed by atoms with van der Waals surface area (Å²) in [4.78, 5) is 22.8. The number of ether oxygens (including phenoxy) is 3. The van der Waals surface area contributed by atoms with Crippen LogP contribution in [-0.4, -0.2) is 89.7 Å². The van der Waals surface area contributed by atoms with Crippen LogP contribution in [0.1, 0.15) is 69.9 Å². The van der Waals surface area contributed by atoms with Gasteiger partial charge in [0.05, 0.1) is 52.9 Å². The lowest BCUT2D eigenvalue weighted by molar-refractivity contribution is -0.193. The lowest BCUT2D eigenvalue weighted by Gasteiger charge is -2.65. The average Bonchev–Trinajstić information content (AvgIpc) is 3.37. The van der Waals surface area contributed by atoms with Crippen LogP contribution in [0.25, 0.3) is 0 Å². The maximum absolute atomic E-state index is 14.0. The molecule has 7 saturated heterocycles. The number of hydrogen-bond acceptors (Lipinski definition) is 8. The maximum Gasteiger partial charge on any atom is 0.335 e. The van der Waals surface area contributed by atoms with Crippen LogP contribution in [0.15, 0.2) is 59.8 Å². The Morgan fingerprint density at radius 2 is 1.85 bits per heavy atom. The summed E-state index contributed by atoms with van der Waals surface area (Å²) in [6.45, 7) is 8.04. The van der Waals surface area contributed by atoms with E-state index in [0.717, 1.165) is 75.1 Å². The first-order valence-corrected chi connectivity index (χ1v) is 18.8. The highest BCUT2D eigenvalue weighted by Gasteiger charge is 2.92. The van der Waals surface area contributed by atoms with Gasteiger partial charge in [-0.1, -0.05) is 50.2 Å². The molecular weight excluding hydrogens is 600 g/mol. The molecule has 4 spiro atoms. The number of carbonyl (C=O) groups is 1. The number of carbonyl (C=O) groups excluding carboxylic acids is 1. The molecule has 11 aliphatic rings. The van der Waals surface area contributed by atoms with Crippen molar-refractivity contribution in [2.75, 3.05) is 37.0 Å². The van der Waals surface area contributed by atoms with Gasteiger partial charge in [-0.05, 0) is 68.3 Å². The van der Waals surface area contributed by atoms with E-state index < -0.39 is 5.72 Å². The first-order chi connectivity index (χ1) is 23.4. The summed E-state index contributed by atoms with van der Waals surface area (Å²) in [5, 5.41) is 3.90. The predicted molar refractivity (Wildman–Crippen MR) is 179 cm³/mol. The van der Waals surface area contributed by atoms with E-state index in [1.165, 1.54) is 16.8 Å². The Labute approximate surface area is 281 Å². The Kier molecular flexibility index (Phi) is 4.32. The first-order valence-electron chi connectivity index (χ1n) is 18.8. The topological polar surface area (TPSA) is 69.8 Å². The van der Waals surface area contributed by atoms with Crippen LogP contribution in [-0.2, 0) is 29.8 Å². The van der Waals surface area contributed by atoms with Crippen LogP contribution in [0.2, 0.25) is 0 Å². The van der Waals surface area contributed by atoms with Gasteiger partial charge in [-0.15, -0.1) is 0 Å². The van der Waals surface area contributed by atoms with Gasteiger partial charge in [0.2, 0.25) is 0 Å². The third kappa shape index (κ3) is 2.25. The minimum Gasteiger partial charge on any atom is -0.466 e. The fourth-order valence-corrected chi connectivity index (χ4v) is 16.0. The minimum absolute atomic E-state index is 0.106. The molecule has 48 heavy (non-hydrogen) atoms. The summed E-state index contributed by atoms with van der Waals surface area (Å²) < 4.78 is 20.7. The van der Waals surface area contributed by atoms with Gasteiger partial charge in [0.15, 0.2) is 5.72 Å². The van der Waals surface area contributed by atoms with Crippen molar-refractivity contribution in [3.63, 3.8) is 0 Å². The third-order valence-corrected chi connectivity index (χ3v) is 16.8. The fourth-order valence-electron chi connectivity index (χ4n) is 16.0. The van der Waals surface area contributed by atoms with E-state index in [-0.39, 0.29) is 39.4 Å². The average molecular weight is 645 g/mol. The smallest absolute Gasteiger partial charge is 0.335 e. The molecule has 9 heterocycles. The van der Waals surface area contributed by atoms with E-state index >= 15 is 0 Å². The van der Waals surface area contributed by atoms with Crippen molar-refractivity contribution in [3.8, 4) is 0 Å². The molecule has 1 N–H and O–H groups in total. The minimum atomic E-state index is -0.457.